The van der Waals surface area contributed by atoms with Crippen molar-refractivity contribution >= 4 is 28.7 Å². The molecule has 0 aliphatic rings. The molecule has 2 aromatic carbocycles. The first kappa shape index (κ1) is 18.4. The maximum absolute atomic E-state index is 12.7. The molecule has 0 fully saturated rings. The number of carbonyl (C=O) groups excluding carboxylic acids is 1. The monoisotopic (exact) mass is 387 g/mol. The van der Waals surface area contributed by atoms with Crippen LogP contribution in [0.4, 0.5) is 0 Å². The average molecular weight is 387 g/mol. The molecule has 0 saturated carbocycles. The molecule has 1 unspecified atom stereocenters. The van der Waals surface area contributed by atoms with Gasteiger partial charge in [-0.3, -0.25) is 0 Å². The highest BCUT2D eigenvalue weighted by Crippen LogP contribution is 2.37. The van der Waals surface area contributed by atoms with Crippen LogP contribution in [-0.2, 0) is 21.7 Å². The summed E-state index contributed by atoms with van der Waals surface area (Å²) in [5.74, 6) is 0.0685. The van der Waals surface area contributed by atoms with Crippen molar-refractivity contribution < 1.29 is 18.8 Å². The first-order valence-electron chi connectivity index (χ1n) is 7.77. The summed E-state index contributed by atoms with van der Waals surface area (Å²) in [7, 11) is 2.82. The van der Waals surface area contributed by atoms with E-state index < -0.39 is 17.1 Å². The molecule has 0 bridgehead atoms. The number of hydrogen-bond acceptors (Lipinski definition) is 6. The van der Waals surface area contributed by atoms with Gasteiger partial charge in [0.1, 0.15) is 17.1 Å². The first-order chi connectivity index (χ1) is 12.7. The standard InChI is InChI=1S/C19H17NO4S2/c1-23-18-16(14-10-20-25-11-14)9-8-13(17(18)19(21)24-2)12-26(22)15-6-4-3-5-7-15/h3-11H,12H2,1-2H3. The summed E-state index contributed by atoms with van der Waals surface area (Å²) in [6.45, 7) is 0. The lowest BCUT2D eigenvalue weighted by Gasteiger charge is -2.17. The Morgan fingerprint density at radius 3 is 2.58 bits per heavy atom. The molecule has 3 rings (SSSR count). The highest BCUT2D eigenvalue weighted by Gasteiger charge is 2.25. The summed E-state index contributed by atoms with van der Waals surface area (Å²) in [5.41, 5.74) is 2.51. The number of aromatic nitrogens is 1. The maximum atomic E-state index is 12.7. The Bertz CT molecular complexity index is 882. The molecule has 3 aromatic rings. The molecule has 0 spiro atoms. The fraction of sp³-hybridized carbons (Fsp3) is 0.158. The van der Waals surface area contributed by atoms with Gasteiger partial charge in [-0.2, -0.15) is 0 Å². The van der Waals surface area contributed by atoms with Gasteiger partial charge in [-0.1, -0.05) is 30.3 Å². The van der Waals surface area contributed by atoms with E-state index in [9.17, 15) is 9.35 Å². The van der Waals surface area contributed by atoms with Crippen LogP contribution in [0, 0.1) is 0 Å². The van der Waals surface area contributed by atoms with Crippen molar-refractivity contribution in [3.8, 4) is 16.9 Å². The zero-order valence-electron chi connectivity index (χ0n) is 14.3. The third-order valence-corrected chi connectivity index (χ3v) is 5.83. The van der Waals surface area contributed by atoms with Crippen molar-refractivity contribution in [2.45, 2.75) is 10.6 Å². The molecule has 26 heavy (non-hydrogen) atoms. The van der Waals surface area contributed by atoms with Gasteiger partial charge in [-0.25, -0.2) is 9.17 Å². The smallest absolute Gasteiger partial charge is 0.342 e. The molecule has 1 aromatic heterocycles. The maximum Gasteiger partial charge on any atom is 0.342 e. The van der Waals surface area contributed by atoms with E-state index >= 15 is 0 Å². The summed E-state index contributed by atoms with van der Waals surface area (Å²) in [6, 6.07) is 12.8. The Morgan fingerprint density at radius 2 is 1.96 bits per heavy atom. The largest absolute Gasteiger partial charge is 0.611 e. The highest BCUT2D eigenvalue weighted by molar-refractivity contribution is 7.90. The predicted molar refractivity (Wildman–Crippen MR) is 102 cm³/mol. The number of nitrogens with zero attached hydrogens (tertiary/aromatic N) is 1. The lowest BCUT2D eigenvalue weighted by atomic mass is 10.00. The van der Waals surface area contributed by atoms with Crippen LogP contribution < -0.4 is 4.74 Å². The van der Waals surface area contributed by atoms with Gasteiger partial charge in [0.05, 0.1) is 14.2 Å². The number of carbonyl (C=O) groups is 1. The van der Waals surface area contributed by atoms with Crippen molar-refractivity contribution in [3.05, 3.63) is 65.2 Å². The van der Waals surface area contributed by atoms with Crippen LogP contribution in [0.5, 0.6) is 5.75 Å². The van der Waals surface area contributed by atoms with Gasteiger partial charge in [0.15, 0.2) is 4.90 Å². The molecule has 0 saturated heterocycles. The number of methoxy groups -OCH3 is 2. The minimum absolute atomic E-state index is 0.187. The summed E-state index contributed by atoms with van der Waals surface area (Å²) >= 11 is 0.0250. The fourth-order valence-electron chi connectivity index (χ4n) is 2.64. The Balaban J connectivity index is 2.06. The third kappa shape index (κ3) is 3.75. The van der Waals surface area contributed by atoms with E-state index in [2.05, 4.69) is 4.37 Å². The van der Waals surface area contributed by atoms with E-state index in [4.69, 9.17) is 9.47 Å². The third-order valence-electron chi connectivity index (χ3n) is 3.87. The molecular formula is C19H17NO4S2. The predicted octanol–water partition coefficient (Wildman–Crippen LogP) is 3.91. The first-order valence-corrected chi connectivity index (χ1v) is 9.92. The number of benzene rings is 2. The zero-order valence-corrected chi connectivity index (χ0v) is 15.9. The van der Waals surface area contributed by atoms with E-state index in [1.54, 1.807) is 24.4 Å². The molecule has 0 aliphatic heterocycles. The quantitative estimate of drug-likeness (QED) is 0.474. The van der Waals surface area contributed by atoms with E-state index in [0.29, 0.717) is 21.8 Å². The zero-order chi connectivity index (χ0) is 18.5. The van der Waals surface area contributed by atoms with Gasteiger partial charge in [-0.15, -0.1) is 0 Å². The van der Waals surface area contributed by atoms with Gasteiger partial charge in [0.2, 0.25) is 0 Å². The summed E-state index contributed by atoms with van der Waals surface area (Å²) in [5, 5.41) is 1.88. The molecule has 0 amide bonds. The van der Waals surface area contributed by atoms with Crippen molar-refractivity contribution in [2.75, 3.05) is 14.2 Å². The molecule has 1 heterocycles. The SMILES string of the molecule is COC(=O)c1c(C[S+]([O-])c2ccccc2)ccc(-c2cnsc2)c1OC. The van der Waals surface area contributed by atoms with Crippen LogP contribution >= 0.6 is 11.5 Å². The molecular weight excluding hydrogens is 370 g/mol. The van der Waals surface area contributed by atoms with Gasteiger partial charge in [-0.05, 0) is 34.8 Å². The summed E-state index contributed by atoms with van der Waals surface area (Å²) in [4.78, 5) is 13.1. The lowest BCUT2D eigenvalue weighted by Crippen LogP contribution is -2.13. The number of esters is 1. The molecule has 1 atom stereocenters. The minimum Gasteiger partial charge on any atom is -0.611 e. The second kappa shape index (κ2) is 8.35. The average Bonchev–Trinajstić information content (AvgIpc) is 3.22. The molecule has 0 aliphatic carbocycles. The van der Waals surface area contributed by atoms with Crippen molar-refractivity contribution in [2.24, 2.45) is 0 Å². The van der Waals surface area contributed by atoms with E-state index in [0.717, 1.165) is 11.1 Å². The molecule has 0 N–H and O–H groups in total. The lowest BCUT2D eigenvalue weighted by molar-refractivity contribution is 0.0596. The number of ether oxygens (including phenoxy) is 2. The van der Waals surface area contributed by atoms with Gasteiger partial charge in [0.25, 0.3) is 0 Å². The number of rotatable bonds is 6. The Hall–Kier alpha value is -2.35. The second-order valence-electron chi connectivity index (χ2n) is 5.39. The Labute approximate surface area is 158 Å². The van der Waals surface area contributed by atoms with Crippen molar-refractivity contribution in [1.82, 2.24) is 4.37 Å². The molecule has 7 heteroatoms. The van der Waals surface area contributed by atoms with Crippen molar-refractivity contribution in [1.29, 1.82) is 0 Å². The fourth-order valence-corrected chi connectivity index (χ4v) is 4.33. The minimum atomic E-state index is -1.29. The van der Waals surface area contributed by atoms with Crippen molar-refractivity contribution in [3.63, 3.8) is 0 Å². The summed E-state index contributed by atoms with van der Waals surface area (Å²) in [6.07, 6.45) is 1.71. The van der Waals surface area contributed by atoms with Crippen LogP contribution in [0.2, 0.25) is 0 Å². The van der Waals surface area contributed by atoms with Gasteiger partial charge >= 0.3 is 5.97 Å². The summed E-state index contributed by atoms with van der Waals surface area (Å²) < 4.78 is 27.3. The Morgan fingerprint density at radius 1 is 1.19 bits per heavy atom. The molecule has 0 radical (unpaired) electrons. The van der Waals surface area contributed by atoms with Gasteiger partial charge in [0, 0.05) is 28.3 Å². The Kier molecular flexibility index (Phi) is 5.92. The van der Waals surface area contributed by atoms with Crippen LogP contribution in [0.3, 0.4) is 0 Å². The van der Waals surface area contributed by atoms with E-state index in [1.165, 1.54) is 25.8 Å². The normalized spacial score (nSPS) is 11.8. The van der Waals surface area contributed by atoms with E-state index in [-0.39, 0.29) is 5.75 Å². The second-order valence-corrected chi connectivity index (χ2v) is 7.50. The van der Waals surface area contributed by atoms with E-state index in [1.807, 2.05) is 29.6 Å². The van der Waals surface area contributed by atoms with Crippen LogP contribution in [0.25, 0.3) is 11.1 Å². The molecule has 5 nitrogen and oxygen atoms in total. The van der Waals surface area contributed by atoms with Crippen LogP contribution in [0.15, 0.2) is 58.9 Å². The molecule has 134 valence electrons. The van der Waals surface area contributed by atoms with Crippen LogP contribution in [0.1, 0.15) is 15.9 Å². The topological polar surface area (TPSA) is 71.5 Å². The van der Waals surface area contributed by atoms with Crippen LogP contribution in [-0.4, -0.2) is 29.1 Å². The number of hydrogen-bond donors (Lipinski definition) is 0. The van der Waals surface area contributed by atoms with Gasteiger partial charge < -0.3 is 14.0 Å². The highest BCUT2D eigenvalue weighted by atomic mass is 32.2.